The summed E-state index contributed by atoms with van der Waals surface area (Å²) < 4.78 is 0. The first-order valence-corrected chi connectivity index (χ1v) is 14.1. The van der Waals surface area contributed by atoms with Gasteiger partial charge < -0.3 is 16.0 Å². The lowest BCUT2D eigenvalue weighted by Crippen LogP contribution is -2.40. The lowest BCUT2D eigenvalue weighted by molar-refractivity contribution is -0.120. The van der Waals surface area contributed by atoms with Crippen molar-refractivity contribution in [2.24, 2.45) is 11.8 Å². The molecule has 1 aromatic carbocycles. The average molecular weight is 503 g/mol. The predicted octanol–water partition coefficient (Wildman–Crippen LogP) is 5.53. The summed E-state index contributed by atoms with van der Waals surface area (Å²) in [6.07, 6.45) is 14.5. The molecule has 1 saturated carbocycles. The summed E-state index contributed by atoms with van der Waals surface area (Å²) >= 11 is 0. The van der Waals surface area contributed by atoms with E-state index in [4.69, 9.17) is 4.98 Å². The van der Waals surface area contributed by atoms with Crippen LogP contribution < -0.4 is 16.0 Å². The molecule has 0 spiro atoms. The molecular formula is C31H42N4O2. The van der Waals surface area contributed by atoms with Gasteiger partial charge in [-0.1, -0.05) is 69.5 Å². The third-order valence-electron chi connectivity index (χ3n) is 7.68. The fourth-order valence-corrected chi connectivity index (χ4v) is 5.48. The van der Waals surface area contributed by atoms with Crippen molar-refractivity contribution in [3.63, 3.8) is 0 Å². The molecule has 1 aromatic heterocycles. The number of aromatic nitrogens is 1. The Balaban J connectivity index is 1.71. The van der Waals surface area contributed by atoms with Gasteiger partial charge in [-0.2, -0.15) is 0 Å². The van der Waals surface area contributed by atoms with Crippen LogP contribution in [0.15, 0.2) is 42.5 Å². The second-order valence-corrected chi connectivity index (χ2v) is 10.7. The van der Waals surface area contributed by atoms with Crippen molar-refractivity contribution >= 4 is 28.3 Å². The van der Waals surface area contributed by atoms with E-state index in [1.165, 1.54) is 32.1 Å². The van der Waals surface area contributed by atoms with Gasteiger partial charge in [-0.3, -0.25) is 9.59 Å². The smallest absolute Gasteiger partial charge is 0.252 e. The maximum absolute atomic E-state index is 14.0. The van der Waals surface area contributed by atoms with Gasteiger partial charge in [0, 0.05) is 30.1 Å². The number of benzene rings is 1. The van der Waals surface area contributed by atoms with Gasteiger partial charge in [-0.15, -0.1) is 0 Å². The van der Waals surface area contributed by atoms with Crippen molar-refractivity contribution in [3.8, 4) is 0 Å². The minimum absolute atomic E-state index is 0.0420. The first kappa shape index (κ1) is 27.1. The molecule has 2 amide bonds. The monoisotopic (exact) mass is 502 g/mol. The lowest BCUT2D eigenvalue weighted by atomic mass is 9.84. The minimum Gasteiger partial charge on any atom is -0.355 e. The number of carbonyl (C=O) groups is 2. The van der Waals surface area contributed by atoms with E-state index in [2.05, 4.69) is 48.0 Å². The van der Waals surface area contributed by atoms with Gasteiger partial charge in [0.15, 0.2) is 0 Å². The van der Waals surface area contributed by atoms with Crippen LogP contribution in [-0.4, -0.2) is 35.9 Å². The Morgan fingerprint density at radius 1 is 1.14 bits per heavy atom. The van der Waals surface area contributed by atoms with Crippen molar-refractivity contribution in [1.82, 2.24) is 20.9 Å². The molecule has 198 valence electrons. The number of rotatable bonds is 10. The molecule has 1 heterocycles. The van der Waals surface area contributed by atoms with E-state index < -0.39 is 0 Å². The normalized spacial score (nSPS) is 18.9. The molecule has 0 bridgehead atoms. The number of nitrogens with one attached hydrogen (secondary N) is 3. The molecule has 3 N–H and O–H groups in total. The van der Waals surface area contributed by atoms with Crippen LogP contribution in [0.3, 0.4) is 0 Å². The number of hydrogen-bond acceptors (Lipinski definition) is 4. The second kappa shape index (κ2) is 13.0. The summed E-state index contributed by atoms with van der Waals surface area (Å²) in [6, 6.07) is 8.00. The summed E-state index contributed by atoms with van der Waals surface area (Å²) in [7, 11) is 0. The molecular weight excluding hydrogens is 460 g/mol. The predicted molar refractivity (Wildman–Crippen MR) is 151 cm³/mol. The first-order valence-electron chi connectivity index (χ1n) is 14.1. The molecule has 0 radical (unpaired) electrons. The summed E-state index contributed by atoms with van der Waals surface area (Å²) in [5, 5.41) is 10.4. The first-order chi connectivity index (χ1) is 18.0. The zero-order valence-corrected chi connectivity index (χ0v) is 22.6. The highest BCUT2D eigenvalue weighted by atomic mass is 16.2. The van der Waals surface area contributed by atoms with Crippen molar-refractivity contribution in [1.29, 1.82) is 0 Å². The third kappa shape index (κ3) is 6.86. The van der Waals surface area contributed by atoms with Crippen LogP contribution in [0, 0.1) is 11.8 Å². The van der Waals surface area contributed by atoms with E-state index in [9.17, 15) is 9.59 Å². The molecule has 0 aliphatic heterocycles. The van der Waals surface area contributed by atoms with Gasteiger partial charge in [0.2, 0.25) is 5.91 Å². The molecule has 1 unspecified atom stereocenters. The molecule has 2 aliphatic rings. The summed E-state index contributed by atoms with van der Waals surface area (Å²) in [4.78, 5) is 31.3. The molecule has 2 aromatic rings. The van der Waals surface area contributed by atoms with Crippen molar-refractivity contribution in [2.45, 2.75) is 78.3 Å². The molecule has 6 nitrogen and oxygen atoms in total. The Kier molecular flexibility index (Phi) is 9.51. The lowest BCUT2D eigenvalue weighted by Gasteiger charge is -2.29. The van der Waals surface area contributed by atoms with E-state index in [0.717, 1.165) is 40.6 Å². The number of para-hydroxylation sites is 1. The Bertz CT molecular complexity index is 1160. The van der Waals surface area contributed by atoms with Crippen molar-refractivity contribution in [3.05, 3.63) is 59.3 Å². The number of hydrogen-bond donors (Lipinski definition) is 3. The number of fused-ring (bicyclic) bond motifs is 1. The highest BCUT2D eigenvalue weighted by Gasteiger charge is 2.26. The molecule has 1 fully saturated rings. The standard InChI is InChI=1S/C31H42N4O2/c1-4-18-33-28(36)20-32-19-26-29(31(37)34-22(3)23-10-6-5-7-11-23)25-12-8-9-13-27(25)35-30(26)24-16-14-21(2)15-17-24/h8-9,12-14,16-17,21-23,32H,4-7,10-11,15,18-20H2,1-3H3,(H,33,36)(H,34,37)/t21?,22-/m0/s1. The maximum Gasteiger partial charge on any atom is 0.252 e. The summed E-state index contributed by atoms with van der Waals surface area (Å²) in [5.41, 5.74) is 4.17. The second-order valence-electron chi connectivity index (χ2n) is 10.7. The summed E-state index contributed by atoms with van der Waals surface area (Å²) in [5.74, 6) is 0.894. The van der Waals surface area contributed by atoms with Crippen LogP contribution in [0.25, 0.3) is 16.5 Å². The average Bonchev–Trinajstić information content (AvgIpc) is 2.92. The highest BCUT2D eigenvalue weighted by molar-refractivity contribution is 6.08. The number of amides is 2. The molecule has 2 aliphatic carbocycles. The quantitative estimate of drug-likeness (QED) is 0.399. The SMILES string of the molecule is CCCNC(=O)CNCc1c(C2=CCC(C)C=C2)nc2ccccc2c1C(=O)N[C@@H](C)C1CCCCC1. The molecule has 0 saturated heterocycles. The van der Waals surface area contributed by atoms with E-state index in [1.54, 1.807) is 0 Å². The Hall–Kier alpha value is -2.99. The Morgan fingerprint density at radius 2 is 1.92 bits per heavy atom. The van der Waals surface area contributed by atoms with Crippen molar-refractivity contribution in [2.75, 3.05) is 13.1 Å². The van der Waals surface area contributed by atoms with Crippen LogP contribution >= 0.6 is 0 Å². The van der Waals surface area contributed by atoms with Gasteiger partial charge in [0.05, 0.1) is 23.3 Å². The van der Waals surface area contributed by atoms with E-state index in [0.29, 0.717) is 30.5 Å². The zero-order chi connectivity index (χ0) is 26.2. The largest absolute Gasteiger partial charge is 0.355 e. The van der Waals surface area contributed by atoms with Gasteiger partial charge in [-0.05, 0) is 56.1 Å². The van der Waals surface area contributed by atoms with Crippen molar-refractivity contribution < 1.29 is 9.59 Å². The number of carbonyl (C=O) groups excluding carboxylic acids is 2. The fourth-order valence-electron chi connectivity index (χ4n) is 5.48. The Morgan fingerprint density at radius 3 is 2.65 bits per heavy atom. The third-order valence-corrected chi connectivity index (χ3v) is 7.68. The van der Waals surface area contributed by atoms with E-state index in [-0.39, 0.29) is 24.4 Å². The zero-order valence-electron chi connectivity index (χ0n) is 22.6. The fraction of sp³-hybridized carbons (Fsp3) is 0.516. The number of allylic oxidation sites excluding steroid dienone is 4. The van der Waals surface area contributed by atoms with Gasteiger partial charge >= 0.3 is 0 Å². The number of nitrogens with zero attached hydrogens (tertiary/aromatic N) is 1. The van der Waals surface area contributed by atoms with E-state index in [1.807, 2.05) is 31.2 Å². The van der Waals surface area contributed by atoms with Crippen LogP contribution in [-0.2, 0) is 11.3 Å². The topological polar surface area (TPSA) is 83.1 Å². The van der Waals surface area contributed by atoms with Crippen LogP contribution in [0.4, 0.5) is 0 Å². The number of pyridine rings is 1. The molecule has 2 atom stereocenters. The molecule has 4 rings (SSSR count). The minimum atomic E-state index is -0.0566. The maximum atomic E-state index is 14.0. The Labute approximate surface area is 221 Å². The highest BCUT2D eigenvalue weighted by Crippen LogP contribution is 2.32. The van der Waals surface area contributed by atoms with Crippen LogP contribution in [0.5, 0.6) is 0 Å². The molecule has 6 heteroatoms. The van der Waals surface area contributed by atoms with Crippen LogP contribution in [0.1, 0.15) is 87.3 Å². The summed E-state index contributed by atoms with van der Waals surface area (Å²) in [6.45, 7) is 7.60. The van der Waals surface area contributed by atoms with Gasteiger partial charge in [0.1, 0.15) is 0 Å². The van der Waals surface area contributed by atoms with E-state index >= 15 is 0 Å². The molecule has 37 heavy (non-hydrogen) atoms. The van der Waals surface area contributed by atoms with Gasteiger partial charge in [-0.25, -0.2) is 4.98 Å². The van der Waals surface area contributed by atoms with Crippen LogP contribution in [0.2, 0.25) is 0 Å². The van der Waals surface area contributed by atoms with Gasteiger partial charge in [0.25, 0.3) is 5.91 Å².